The molecule has 1 aliphatic carbocycles. The summed E-state index contributed by atoms with van der Waals surface area (Å²) in [5.41, 5.74) is 0. The number of nitrogens with one attached hydrogen (secondary N) is 2. The summed E-state index contributed by atoms with van der Waals surface area (Å²) in [7, 11) is 1.85. The minimum absolute atomic E-state index is 0.520. The van der Waals surface area contributed by atoms with Gasteiger partial charge in [0, 0.05) is 19.1 Å². The third kappa shape index (κ3) is 5.94. The molecule has 3 heteroatoms. The molecule has 0 aromatic heterocycles. The van der Waals surface area contributed by atoms with Crippen LogP contribution in [0.2, 0.25) is 0 Å². The van der Waals surface area contributed by atoms with Gasteiger partial charge in [0.05, 0.1) is 0 Å². The van der Waals surface area contributed by atoms with Crippen LogP contribution in [0.1, 0.15) is 59.3 Å². The van der Waals surface area contributed by atoms with E-state index in [9.17, 15) is 0 Å². The highest BCUT2D eigenvalue weighted by atomic mass is 15.2. The van der Waals surface area contributed by atoms with E-state index in [1.165, 1.54) is 38.5 Å². The molecule has 3 nitrogen and oxygen atoms in total. The molecule has 0 aliphatic heterocycles. The highest BCUT2D eigenvalue weighted by molar-refractivity contribution is 5.80. The number of hydrogen-bond donors (Lipinski definition) is 2. The average molecular weight is 239 g/mol. The molecule has 0 amide bonds. The van der Waals surface area contributed by atoms with Gasteiger partial charge in [0.2, 0.25) is 0 Å². The van der Waals surface area contributed by atoms with E-state index in [1.807, 2.05) is 7.05 Å². The summed E-state index contributed by atoms with van der Waals surface area (Å²) in [5.74, 6) is 1.79. The summed E-state index contributed by atoms with van der Waals surface area (Å²) in [5, 5.41) is 6.94. The first kappa shape index (κ1) is 14.3. The second-order valence-corrected chi connectivity index (χ2v) is 5.43. The second kappa shape index (κ2) is 7.57. The highest BCUT2D eigenvalue weighted by Crippen LogP contribution is 2.28. The summed E-state index contributed by atoms with van der Waals surface area (Å²) in [6.45, 7) is 6.78. The molecule has 17 heavy (non-hydrogen) atoms. The lowest BCUT2D eigenvalue weighted by atomic mass is 10.1. The van der Waals surface area contributed by atoms with Crippen molar-refractivity contribution in [3.05, 3.63) is 0 Å². The van der Waals surface area contributed by atoms with Gasteiger partial charge in [-0.2, -0.15) is 0 Å². The normalized spacial score (nSPS) is 25.5. The van der Waals surface area contributed by atoms with Crippen molar-refractivity contribution in [2.75, 3.05) is 7.05 Å². The van der Waals surface area contributed by atoms with Gasteiger partial charge in [-0.05, 0) is 25.7 Å². The quantitative estimate of drug-likeness (QED) is 0.407. The maximum atomic E-state index is 4.28. The number of guanidine groups is 1. The molecular formula is C14H29N3. The summed E-state index contributed by atoms with van der Waals surface area (Å²) >= 11 is 0. The summed E-state index contributed by atoms with van der Waals surface area (Å²) in [6, 6.07) is 1.17. The van der Waals surface area contributed by atoms with E-state index in [-0.39, 0.29) is 0 Å². The Morgan fingerprint density at radius 1 is 1.35 bits per heavy atom. The van der Waals surface area contributed by atoms with Gasteiger partial charge in [-0.1, -0.05) is 39.5 Å². The van der Waals surface area contributed by atoms with Gasteiger partial charge >= 0.3 is 0 Å². The average Bonchev–Trinajstić information content (AvgIpc) is 2.99. The van der Waals surface area contributed by atoms with Crippen LogP contribution in [-0.2, 0) is 0 Å². The number of unbranched alkanes of at least 4 members (excludes halogenated alkanes) is 3. The second-order valence-electron chi connectivity index (χ2n) is 5.43. The van der Waals surface area contributed by atoms with E-state index >= 15 is 0 Å². The fourth-order valence-corrected chi connectivity index (χ4v) is 2.05. The first-order chi connectivity index (χ1) is 8.17. The monoisotopic (exact) mass is 239 g/mol. The molecule has 0 bridgehead atoms. The lowest BCUT2D eigenvalue weighted by molar-refractivity contribution is 0.536. The van der Waals surface area contributed by atoms with Crippen LogP contribution in [0.4, 0.5) is 0 Å². The van der Waals surface area contributed by atoms with Gasteiger partial charge in [0.15, 0.2) is 5.96 Å². The van der Waals surface area contributed by atoms with Gasteiger partial charge < -0.3 is 10.6 Å². The smallest absolute Gasteiger partial charge is 0.191 e. The standard InChI is InChI=1S/C14H29N3/c1-5-6-7-8-9-12(3)16-14(15-4)17-13-10-11(13)2/h11-13H,5-10H2,1-4H3,(H2,15,16,17). The Labute approximate surface area is 106 Å². The van der Waals surface area contributed by atoms with Crippen LogP contribution in [0.25, 0.3) is 0 Å². The molecule has 0 radical (unpaired) electrons. The van der Waals surface area contributed by atoms with Gasteiger partial charge in [-0.25, -0.2) is 0 Å². The van der Waals surface area contributed by atoms with Crippen molar-refractivity contribution in [2.45, 2.75) is 71.4 Å². The Bertz CT molecular complexity index is 238. The maximum Gasteiger partial charge on any atom is 0.191 e. The van der Waals surface area contributed by atoms with Gasteiger partial charge in [0.1, 0.15) is 0 Å². The van der Waals surface area contributed by atoms with Crippen LogP contribution in [0.15, 0.2) is 4.99 Å². The molecule has 3 unspecified atom stereocenters. The van der Waals surface area contributed by atoms with Crippen molar-refractivity contribution in [2.24, 2.45) is 10.9 Å². The summed E-state index contributed by atoms with van der Waals surface area (Å²) in [6.07, 6.45) is 7.86. The number of nitrogens with zero attached hydrogens (tertiary/aromatic N) is 1. The predicted octanol–water partition coefficient (Wildman–Crippen LogP) is 2.92. The Morgan fingerprint density at radius 3 is 2.59 bits per heavy atom. The van der Waals surface area contributed by atoms with E-state index in [0.717, 1.165) is 11.9 Å². The van der Waals surface area contributed by atoms with Gasteiger partial charge in [-0.3, -0.25) is 4.99 Å². The molecule has 0 heterocycles. The fourth-order valence-electron chi connectivity index (χ4n) is 2.05. The van der Waals surface area contributed by atoms with Crippen molar-refractivity contribution in [3.8, 4) is 0 Å². The molecule has 1 saturated carbocycles. The Hall–Kier alpha value is -0.730. The fraction of sp³-hybridized carbons (Fsp3) is 0.929. The van der Waals surface area contributed by atoms with Crippen molar-refractivity contribution in [1.82, 2.24) is 10.6 Å². The van der Waals surface area contributed by atoms with Crippen LogP contribution >= 0.6 is 0 Å². The van der Waals surface area contributed by atoms with E-state index < -0.39 is 0 Å². The molecule has 1 aliphatic rings. The topological polar surface area (TPSA) is 36.4 Å². The molecule has 0 spiro atoms. The highest BCUT2D eigenvalue weighted by Gasteiger charge is 2.33. The Morgan fingerprint density at radius 2 is 2.06 bits per heavy atom. The van der Waals surface area contributed by atoms with Crippen LogP contribution in [0, 0.1) is 5.92 Å². The summed E-state index contributed by atoms with van der Waals surface area (Å²) in [4.78, 5) is 4.28. The molecule has 1 fully saturated rings. The van der Waals surface area contributed by atoms with Gasteiger partial charge in [0.25, 0.3) is 0 Å². The van der Waals surface area contributed by atoms with Crippen molar-refractivity contribution in [3.63, 3.8) is 0 Å². The lowest BCUT2D eigenvalue weighted by Gasteiger charge is -2.17. The molecule has 0 aromatic carbocycles. The number of aliphatic imine (C=N–C) groups is 1. The van der Waals surface area contributed by atoms with Crippen molar-refractivity contribution >= 4 is 5.96 Å². The van der Waals surface area contributed by atoms with Crippen molar-refractivity contribution in [1.29, 1.82) is 0 Å². The van der Waals surface area contributed by atoms with Crippen LogP contribution in [-0.4, -0.2) is 25.1 Å². The predicted molar refractivity (Wildman–Crippen MR) is 75.4 cm³/mol. The van der Waals surface area contributed by atoms with Crippen LogP contribution in [0.3, 0.4) is 0 Å². The van der Waals surface area contributed by atoms with Crippen molar-refractivity contribution < 1.29 is 0 Å². The summed E-state index contributed by atoms with van der Waals surface area (Å²) < 4.78 is 0. The first-order valence-electron chi connectivity index (χ1n) is 7.17. The first-order valence-corrected chi connectivity index (χ1v) is 7.17. The van der Waals surface area contributed by atoms with E-state index in [2.05, 4.69) is 36.4 Å². The van der Waals surface area contributed by atoms with Crippen LogP contribution in [0.5, 0.6) is 0 Å². The van der Waals surface area contributed by atoms with E-state index in [1.54, 1.807) is 0 Å². The Balaban J connectivity index is 2.12. The molecule has 0 aromatic rings. The maximum absolute atomic E-state index is 4.28. The largest absolute Gasteiger partial charge is 0.354 e. The van der Waals surface area contributed by atoms with E-state index in [4.69, 9.17) is 0 Å². The SMILES string of the molecule is CCCCCCC(C)NC(=NC)NC1CC1C. The minimum Gasteiger partial charge on any atom is -0.354 e. The molecular weight excluding hydrogens is 210 g/mol. The zero-order chi connectivity index (χ0) is 12.7. The third-order valence-corrected chi connectivity index (χ3v) is 3.53. The van der Waals surface area contributed by atoms with E-state index in [0.29, 0.717) is 12.1 Å². The zero-order valence-corrected chi connectivity index (χ0v) is 11.9. The third-order valence-electron chi connectivity index (χ3n) is 3.53. The van der Waals surface area contributed by atoms with Crippen LogP contribution < -0.4 is 10.6 Å². The Kier molecular flexibility index (Phi) is 6.38. The molecule has 1 rings (SSSR count). The number of rotatable bonds is 7. The van der Waals surface area contributed by atoms with Gasteiger partial charge in [-0.15, -0.1) is 0 Å². The molecule has 3 atom stereocenters. The minimum atomic E-state index is 0.520. The number of hydrogen-bond acceptors (Lipinski definition) is 1. The molecule has 100 valence electrons. The molecule has 2 N–H and O–H groups in total. The zero-order valence-electron chi connectivity index (χ0n) is 11.9. The molecule has 0 saturated heterocycles. The lowest BCUT2D eigenvalue weighted by Crippen LogP contribution is -2.43.